The number of aromatic carboxylic acids is 1. The Morgan fingerprint density at radius 2 is 2.29 bits per heavy atom. The Balaban J connectivity index is 2.19. The van der Waals surface area contributed by atoms with Crippen molar-refractivity contribution < 1.29 is 9.90 Å². The lowest BCUT2D eigenvalue weighted by atomic mass is 10.1. The molecule has 0 amide bonds. The molecule has 4 nitrogen and oxygen atoms in total. The predicted molar refractivity (Wildman–Crippen MR) is 66.4 cm³/mol. The van der Waals surface area contributed by atoms with E-state index in [1.807, 2.05) is 13.0 Å². The Morgan fingerprint density at radius 3 is 2.88 bits per heavy atom. The Labute approximate surface area is 101 Å². The molecule has 1 heterocycles. The third kappa shape index (κ3) is 2.75. The Kier molecular flexibility index (Phi) is 3.31. The fourth-order valence-electron chi connectivity index (χ4n) is 2.41. The number of nitrogens with zero attached hydrogens (tertiary/aromatic N) is 1. The van der Waals surface area contributed by atoms with Crippen molar-refractivity contribution in [3.63, 3.8) is 0 Å². The Bertz CT molecular complexity index is 431. The molecule has 1 aromatic heterocycles. The van der Waals surface area contributed by atoms with Crippen molar-refractivity contribution in [1.29, 1.82) is 0 Å². The lowest BCUT2D eigenvalue weighted by Crippen LogP contribution is -2.18. The highest BCUT2D eigenvalue weighted by Gasteiger charge is 2.22. The molecule has 17 heavy (non-hydrogen) atoms. The summed E-state index contributed by atoms with van der Waals surface area (Å²) in [6.07, 6.45) is 4.87. The van der Waals surface area contributed by atoms with Gasteiger partial charge in [-0.1, -0.05) is 6.92 Å². The molecule has 0 aliphatic heterocycles. The SMILES string of the molecule is Cc1cc(NC2CCC(C)C2)c(C(=O)O)cn1. The van der Waals surface area contributed by atoms with Gasteiger partial charge in [-0.05, 0) is 38.2 Å². The largest absolute Gasteiger partial charge is 0.478 e. The van der Waals surface area contributed by atoms with Crippen LogP contribution in [0, 0.1) is 12.8 Å². The molecule has 0 aromatic carbocycles. The van der Waals surface area contributed by atoms with E-state index in [4.69, 9.17) is 5.11 Å². The van der Waals surface area contributed by atoms with Gasteiger partial charge >= 0.3 is 5.97 Å². The van der Waals surface area contributed by atoms with Gasteiger partial charge in [-0.15, -0.1) is 0 Å². The normalized spacial score (nSPS) is 23.6. The smallest absolute Gasteiger partial charge is 0.339 e. The van der Waals surface area contributed by atoms with Crippen molar-refractivity contribution in [2.75, 3.05) is 5.32 Å². The second-order valence-corrected chi connectivity index (χ2v) is 4.94. The third-order valence-corrected chi connectivity index (χ3v) is 3.33. The highest BCUT2D eigenvalue weighted by molar-refractivity contribution is 5.93. The molecular formula is C13H18N2O2. The molecule has 1 aromatic rings. The number of carboxylic acid groups (broad SMARTS) is 1. The van der Waals surface area contributed by atoms with Crippen molar-refractivity contribution in [1.82, 2.24) is 4.98 Å². The minimum absolute atomic E-state index is 0.259. The third-order valence-electron chi connectivity index (χ3n) is 3.33. The predicted octanol–water partition coefficient (Wildman–Crippen LogP) is 2.69. The molecule has 0 saturated heterocycles. The number of anilines is 1. The zero-order chi connectivity index (χ0) is 12.4. The van der Waals surface area contributed by atoms with Crippen LogP contribution in [0.1, 0.15) is 42.2 Å². The summed E-state index contributed by atoms with van der Waals surface area (Å²) < 4.78 is 0. The number of rotatable bonds is 3. The van der Waals surface area contributed by atoms with Crippen LogP contribution in [0.15, 0.2) is 12.3 Å². The first-order valence-corrected chi connectivity index (χ1v) is 6.02. The lowest BCUT2D eigenvalue weighted by molar-refractivity contribution is 0.0697. The van der Waals surface area contributed by atoms with Crippen LogP contribution < -0.4 is 5.32 Å². The molecule has 0 bridgehead atoms. The highest BCUT2D eigenvalue weighted by Crippen LogP contribution is 2.28. The van der Waals surface area contributed by atoms with Crippen LogP contribution in [0.5, 0.6) is 0 Å². The van der Waals surface area contributed by atoms with Crippen molar-refractivity contribution in [2.24, 2.45) is 5.92 Å². The average Bonchev–Trinajstić information content (AvgIpc) is 2.63. The molecule has 1 fully saturated rings. The van der Waals surface area contributed by atoms with Gasteiger partial charge in [-0.2, -0.15) is 0 Å². The van der Waals surface area contributed by atoms with Crippen molar-refractivity contribution in [2.45, 2.75) is 39.2 Å². The first-order chi connectivity index (χ1) is 8.06. The first kappa shape index (κ1) is 11.9. The van der Waals surface area contributed by atoms with Gasteiger partial charge in [0.25, 0.3) is 0 Å². The summed E-state index contributed by atoms with van der Waals surface area (Å²) in [5.41, 5.74) is 1.79. The van der Waals surface area contributed by atoms with E-state index < -0.39 is 5.97 Å². The molecule has 2 N–H and O–H groups in total. The first-order valence-electron chi connectivity index (χ1n) is 6.02. The summed E-state index contributed by atoms with van der Waals surface area (Å²) >= 11 is 0. The van der Waals surface area contributed by atoms with Crippen LogP contribution in [0.4, 0.5) is 5.69 Å². The van der Waals surface area contributed by atoms with Crippen LogP contribution in [-0.2, 0) is 0 Å². The topological polar surface area (TPSA) is 62.2 Å². The van der Waals surface area contributed by atoms with Gasteiger partial charge in [0.1, 0.15) is 5.56 Å². The summed E-state index contributed by atoms with van der Waals surface area (Å²) in [4.78, 5) is 15.1. The highest BCUT2D eigenvalue weighted by atomic mass is 16.4. The maximum Gasteiger partial charge on any atom is 0.339 e. The molecule has 2 rings (SSSR count). The zero-order valence-electron chi connectivity index (χ0n) is 10.2. The summed E-state index contributed by atoms with van der Waals surface area (Å²) in [5.74, 6) is -0.199. The number of hydrogen-bond acceptors (Lipinski definition) is 3. The molecule has 2 atom stereocenters. The van der Waals surface area contributed by atoms with E-state index in [0.29, 0.717) is 11.7 Å². The lowest BCUT2D eigenvalue weighted by Gasteiger charge is -2.16. The fraction of sp³-hybridized carbons (Fsp3) is 0.538. The van der Waals surface area contributed by atoms with Crippen molar-refractivity contribution >= 4 is 11.7 Å². The molecule has 2 unspecified atom stereocenters. The number of carbonyl (C=O) groups is 1. The standard InChI is InChI=1S/C13H18N2O2/c1-8-3-4-10(5-8)15-12-6-9(2)14-7-11(12)13(16)17/h6-8,10H,3-5H2,1-2H3,(H,14,15)(H,16,17). The van der Waals surface area contributed by atoms with E-state index >= 15 is 0 Å². The van der Waals surface area contributed by atoms with Crippen LogP contribution in [0.3, 0.4) is 0 Å². The molecule has 1 aliphatic rings. The average molecular weight is 234 g/mol. The van der Waals surface area contributed by atoms with E-state index in [-0.39, 0.29) is 5.56 Å². The summed E-state index contributed by atoms with van der Waals surface area (Å²) in [5, 5.41) is 12.4. The van der Waals surface area contributed by atoms with Gasteiger partial charge in [0, 0.05) is 17.9 Å². The van der Waals surface area contributed by atoms with Crippen molar-refractivity contribution in [3.05, 3.63) is 23.5 Å². The molecular weight excluding hydrogens is 216 g/mol. The molecule has 0 radical (unpaired) electrons. The number of pyridine rings is 1. The second kappa shape index (κ2) is 4.73. The second-order valence-electron chi connectivity index (χ2n) is 4.94. The summed E-state index contributed by atoms with van der Waals surface area (Å²) in [6.45, 7) is 4.10. The number of aryl methyl sites for hydroxylation is 1. The van der Waals surface area contributed by atoms with Gasteiger partial charge in [0.2, 0.25) is 0 Å². The summed E-state index contributed by atoms with van der Waals surface area (Å²) in [7, 11) is 0. The number of nitrogens with one attached hydrogen (secondary N) is 1. The van der Waals surface area contributed by atoms with Crippen molar-refractivity contribution in [3.8, 4) is 0 Å². The number of hydrogen-bond donors (Lipinski definition) is 2. The van der Waals surface area contributed by atoms with Gasteiger partial charge in [0.15, 0.2) is 0 Å². The van der Waals surface area contributed by atoms with E-state index in [9.17, 15) is 4.79 Å². The molecule has 1 saturated carbocycles. The minimum Gasteiger partial charge on any atom is -0.478 e. The van der Waals surface area contributed by atoms with E-state index in [0.717, 1.165) is 24.5 Å². The van der Waals surface area contributed by atoms with E-state index in [1.165, 1.54) is 12.6 Å². The maximum absolute atomic E-state index is 11.1. The van der Waals surface area contributed by atoms with E-state index in [2.05, 4.69) is 17.2 Å². The Morgan fingerprint density at radius 1 is 1.53 bits per heavy atom. The fourth-order valence-corrected chi connectivity index (χ4v) is 2.41. The molecule has 92 valence electrons. The minimum atomic E-state index is -0.925. The van der Waals surface area contributed by atoms with Gasteiger partial charge in [0.05, 0.1) is 5.69 Å². The number of aromatic nitrogens is 1. The Hall–Kier alpha value is -1.58. The van der Waals surface area contributed by atoms with E-state index in [1.54, 1.807) is 0 Å². The molecule has 4 heteroatoms. The quantitative estimate of drug-likeness (QED) is 0.844. The number of carboxylic acids is 1. The van der Waals surface area contributed by atoms with Crippen LogP contribution in [-0.4, -0.2) is 22.1 Å². The van der Waals surface area contributed by atoms with Gasteiger partial charge in [-0.3, -0.25) is 4.98 Å². The van der Waals surface area contributed by atoms with Crippen LogP contribution >= 0.6 is 0 Å². The van der Waals surface area contributed by atoms with Crippen LogP contribution in [0.25, 0.3) is 0 Å². The van der Waals surface area contributed by atoms with Gasteiger partial charge in [-0.25, -0.2) is 4.79 Å². The zero-order valence-corrected chi connectivity index (χ0v) is 10.2. The summed E-state index contributed by atoms with van der Waals surface area (Å²) in [6, 6.07) is 2.21. The molecule has 0 spiro atoms. The van der Waals surface area contributed by atoms with Crippen LogP contribution in [0.2, 0.25) is 0 Å². The van der Waals surface area contributed by atoms with Gasteiger partial charge < -0.3 is 10.4 Å². The monoisotopic (exact) mass is 234 g/mol. The maximum atomic E-state index is 11.1. The molecule has 1 aliphatic carbocycles.